The van der Waals surface area contributed by atoms with Crippen LogP contribution >= 0.6 is 0 Å². The third-order valence-electron chi connectivity index (χ3n) is 3.14. The largest absolute Gasteiger partial charge is 0.280 e. The molecule has 1 aromatic heterocycles. The minimum atomic E-state index is -0.248. The molecule has 4 heteroatoms. The van der Waals surface area contributed by atoms with E-state index in [4.69, 9.17) is 0 Å². The first-order chi connectivity index (χ1) is 8.83. The van der Waals surface area contributed by atoms with Crippen LogP contribution < -0.4 is 0 Å². The molecule has 18 heavy (non-hydrogen) atoms. The van der Waals surface area contributed by atoms with E-state index in [0.29, 0.717) is 11.3 Å². The van der Waals surface area contributed by atoms with Crippen LogP contribution in [0.25, 0.3) is 17.0 Å². The van der Waals surface area contributed by atoms with Crippen molar-refractivity contribution >= 4 is 34.9 Å². The van der Waals surface area contributed by atoms with E-state index in [-0.39, 0.29) is 5.91 Å². The predicted molar refractivity (Wildman–Crippen MR) is 69.8 cm³/mol. The van der Waals surface area contributed by atoms with Gasteiger partial charge in [-0.05, 0) is 18.2 Å². The Hall–Kier alpha value is -2.62. The van der Waals surface area contributed by atoms with Gasteiger partial charge in [-0.3, -0.25) is 4.79 Å². The Balaban J connectivity index is 2.05. The van der Waals surface area contributed by atoms with Gasteiger partial charge in [0.15, 0.2) is 0 Å². The maximum Gasteiger partial charge on any atom is 0.280 e. The molecule has 1 aromatic carbocycles. The molecule has 0 atom stereocenters. The highest BCUT2D eigenvalue weighted by molar-refractivity contribution is 6.38. The summed E-state index contributed by atoms with van der Waals surface area (Å²) >= 11 is 0. The Morgan fingerprint density at radius 1 is 1.11 bits per heavy atom. The van der Waals surface area contributed by atoms with Crippen molar-refractivity contribution in [3.8, 4) is 0 Å². The number of carbonyl (C=O) groups excluding carboxylic acids is 1. The third kappa shape index (κ3) is 1.14. The second-order valence-corrected chi connectivity index (χ2v) is 4.20. The Labute approximate surface area is 102 Å². The van der Waals surface area contributed by atoms with E-state index in [0.717, 1.165) is 22.2 Å². The maximum atomic E-state index is 11.7. The van der Waals surface area contributed by atoms with Crippen LogP contribution in [0.2, 0.25) is 0 Å². The van der Waals surface area contributed by atoms with Crippen LogP contribution in [-0.4, -0.2) is 22.9 Å². The van der Waals surface area contributed by atoms with Gasteiger partial charge in [-0.1, -0.05) is 18.2 Å². The zero-order valence-corrected chi connectivity index (χ0v) is 9.29. The van der Waals surface area contributed by atoms with Gasteiger partial charge >= 0.3 is 0 Å². The third-order valence-corrected chi connectivity index (χ3v) is 3.14. The van der Waals surface area contributed by atoms with Crippen LogP contribution in [0.15, 0.2) is 45.9 Å². The Morgan fingerprint density at radius 3 is 2.94 bits per heavy atom. The van der Waals surface area contributed by atoms with Crippen LogP contribution in [-0.2, 0) is 4.79 Å². The highest BCUT2D eigenvalue weighted by atomic mass is 16.1. The number of nitrogens with zero attached hydrogens (tertiary/aromatic N) is 3. The van der Waals surface area contributed by atoms with Crippen molar-refractivity contribution in [2.75, 3.05) is 0 Å². The van der Waals surface area contributed by atoms with E-state index in [1.165, 1.54) is 6.34 Å². The molecule has 4 rings (SSSR count). The number of aromatic nitrogens is 1. The van der Waals surface area contributed by atoms with Gasteiger partial charge in [-0.2, -0.15) is 4.99 Å². The summed E-state index contributed by atoms with van der Waals surface area (Å²) in [6, 6.07) is 9.89. The summed E-state index contributed by atoms with van der Waals surface area (Å²) in [6.07, 6.45) is 3.07. The molecule has 1 amide bonds. The van der Waals surface area contributed by atoms with Crippen molar-refractivity contribution in [2.45, 2.75) is 0 Å². The Morgan fingerprint density at radius 2 is 2.00 bits per heavy atom. The topological polar surface area (TPSA) is 54.7 Å². The van der Waals surface area contributed by atoms with Gasteiger partial charge < -0.3 is 0 Å². The van der Waals surface area contributed by atoms with E-state index < -0.39 is 0 Å². The van der Waals surface area contributed by atoms with Crippen molar-refractivity contribution in [3.05, 3.63) is 47.2 Å². The zero-order chi connectivity index (χ0) is 12.1. The molecule has 2 aromatic rings. The van der Waals surface area contributed by atoms with Gasteiger partial charge in [0.1, 0.15) is 6.34 Å². The van der Waals surface area contributed by atoms with Crippen molar-refractivity contribution < 1.29 is 4.79 Å². The first kappa shape index (κ1) is 9.41. The highest BCUT2D eigenvalue weighted by Crippen LogP contribution is 2.29. The molecular formula is C14H7N3O. The maximum absolute atomic E-state index is 11.7. The second kappa shape index (κ2) is 3.20. The molecule has 0 radical (unpaired) electrons. The summed E-state index contributed by atoms with van der Waals surface area (Å²) in [6.45, 7) is 0. The van der Waals surface area contributed by atoms with Gasteiger partial charge in [0.2, 0.25) is 0 Å². The fourth-order valence-corrected chi connectivity index (χ4v) is 2.29. The molecule has 1 aliphatic heterocycles. The second-order valence-electron chi connectivity index (χ2n) is 4.20. The summed E-state index contributed by atoms with van der Waals surface area (Å²) < 4.78 is 0. The molecule has 0 N–H and O–H groups in total. The van der Waals surface area contributed by atoms with Crippen molar-refractivity contribution in [1.82, 2.24) is 4.98 Å². The summed E-state index contributed by atoms with van der Waals surface area (Å²) in [5, 5.41) is 1.04. The first-order valence-corrected chi connectivity index (χ1v) is 5.60. The van der Waals surface area contributed by atoms with Crippen LogP contribution in [0.3, 0.4) is 0 Å². The number of para-hydroxylation sites is 1. The van der Waals surface area contributed by atoms with Gasteiger partial charge in [0, 0.05) is 10.9 Å². The van der Waals surface area contributed by atoms with E-state index in [1.807, 2.05) is 30.3 Å². The molecule has 84 valence electrons. The lowest BCUT2D eigenvalue weighted by Gasteiger charge is -2.05. The minimum Gasteiger partial charge on any atom is -0.267 e. The molecule has 0 spiro atoms. The normalized spacial score (nSPS) is 16.3. The average molecular weight is 233 g/mol. The average Bonchev–Trinajstić information content (AvgIpc) is 2.76. The molecule has 4 nitrogen and oxygen atoms in total. The number of aliphatic imine (C=N–C) groups is 2. The zero-order valence-electron chi connectivity index (χ0n) is 9.29. The molecular weight excluding hydrogens is 226 g/mol. The van der Waals surface area contributed by atoms with Crippen molar-refractivity contribution in [3.63, 3.8) is 0 Å². The summed E-state index contributed by atoms with van der Waals surface area (Å²) in [7, 11) is 0. The van der Waals surface area contributed by atoms with Gasteiger partial charge in [0.25, 0.3) is 5.91 Å². The Bertz CT molecular complexity index is 800. The van der Waals surface area contributed by atoms with E-state index >= 15 is 0 Å². The molecule has 2 heterocycles. The lowest BCUT2D eigenvalue weighted by Crippen LogP contribution is -2.13. The number of carbonyl (C=O) groups is 1. The molecule has 0 saturated carbocycles. The number of hydrogen-bond donors (Lipinski definition) is 0. The molecule has 0 bridgehead atoms. The first-order valence-electron chi connectivity index (χ1n) is 5.60. The van der Waals surface area contributed by atoms with Crippen LogP contribution in [0, 0.1) is 0 Å². The summed E-state index contributed by atoms with van der Waals surface area (Å²) in [5.41, 5.74) is 3.84. The van der Waals surface area contributed by atoms with Crippen LogP contribution in [0.5, 0.6) is 0 Å². The Kier molecular flexibility index (Phi) is 1.67. The molecule has 0 unspecified atom stereocenters. The van der Waals surface area contributed by atoms with Gasteiger partial charge in [-0.25, -0.2) is 9.98 Å². The summed E-state index contributed by atoms with van der Waals surface area (Å²) in [5.74, 6) is -0.248. The fraction of sp³-hybridized carbons (Fsp3) is 0. The number of rotatable bonds is 0. The lowest BCUT2D eigenvalue weighted by atomic mass is 10.1. The van der Waals surface area contributed by atoms with Gasteiger partial charge in [-0.15, -0.1) is 0 Å². The monoisotopic (exact) mass is 233 g/mol. The molecule has 0 saturated heterocycles. The minimum absolute atomic E-state index is 0.248. The number of pyridine rings is 1. The van der Waals surface area contributed by atoms with Gasteiger partial charge in [0.05, 0.1) is 22.5 Å². The van der Waals surface area contributed by atoms with Crippen molar-refractivity contribution in [1.29, 1.82) is 0 Å². The SMILES string of the molecule is O=C1N=CN=C2C1=Cc1nc3ccccc3cc12. The van der Waals surface area contributed by atoms with E-state index in [1.54, 1.807) is 6.08 Å². The summed E-state index contributed by atoms with van der Waals surface area (Å²) in [4.78, 5) is 24.1. The van der Waals surface area contributed by atoms with E-state index in [9.17, 15) is 4.79 Å². The highest BCUT2D eigenvalue weighted by Gasteiger charge is 2.28. The number of amides is 1. The van der Waals surface area contributed by atoms with E-state index in [2.05, 4.69) is 15.0 Å². The fourth-order valence-electron chi connectivity index (χ4n) is 2.29. The number of benzene rings is 1. The number of hydrogen-bond acceptors (Lipinski definition) is 3. The quantitative estimate of drug-likeness (QED) is 0.698. The lowest BCUT2D eigenvalue weighted by molar-refractivity contribution is -0.113. The van der Waals surface area contributed by atoms with Crippen LogP contribution in [0.4, 0.5) is 0 Å². The number of fused-ring (bicyclic) bond motifs is 4. The molecule has 2 aliphatic rings. The van der Waals surface area contributed by atoms with Crippen molar-refractivity contribution in [2.24, 2.45) is 9.98 Å². The smallest absolute Gasteiger partial charge is 0.267 e. The molecule has 0 fully saturated rings. The standard InChI is InChI=1S/C14H7N3O/c18-14-10-6-12-9(13(10)15-7-16-14)5-8-3-1-2-4-11(8)17-12/h1-7H. The van der Waals surface area contributed by atoms with Crippen LogP contribution in [0.1, 0.15) is 11.3 Å². The predicted octanol–water partition coefficient (Wildman–Crippen LogP) is 1.99. The molecule has 1 aliphatic carbocycles.